The first-order chi connectivity index (χ1) is 14.7. The van der Waals surface area contributed by atoms with Crippen molar-refractivity contribution < 1.29 is 14.7 Å². The van der Waals surface area contributed by atoms with Crippen molar-refractivity contribution in [3.05, 3.63) is 59.7 Å². The fourth-order valence-corrected chi connectivity index (χ4v) is 3.91. The maximum atomic E-state index is 12.1. The lowest BCUT2D eigenvalue weighted by Crippen LogP contribution is -2.38. The van der Waals surface area contributed by atoms with E-state index in [4.69, 9.17) is 4.84 Å². The summed E-state index contributed by atoms with van der Waals surface area (Å²) in [6, 6.07) is 15.3. The SMILES string of the molecule is O=C(CO/N=C1/C(c2c(O)[nH]c3ccccc23)=Nc2ccccc21)N[C@H]1CCNC1. The molecule has 0 radical (unpaired) electrons. The van der Waals surface area contributed by atoms with Gasteiger partial charge in [-0.25, -0.2) is 4.99 Å². The van der Waals surface area contributed by atoms with Crippen molar-refractivity contribution in [2.75, 3.05) is 19.7 Å². The van der Waals surface area contributed by atoms with Gasteiger partial charge < -0.3 is 25.6 Å². The number of oxime groups is 1. The molecular formula is C22H21N5O3. The van der Waals surface area contributed by atoms with Crippen LogP contribution in [0.4, 0.5) is 5.69 Å². The molecule has 5 rings (SSSR count). The van der Waals surface area contributed by atoms with E-state index in [1.54, 1.807) is 0 Å². The highest BCUT2D eigenvalue weighted by atomic mass is 16.6. The molecule has 3 aromatic rings. The Bertz CT molecular complexity index is 1170. The highest BCUT2D eigenvalue weighted by molar-refractivity contribution is 6.58. The van der Waals surface area contributed by atoms with Gasteiger partial charge in [-0.3, -0.25) is 4.79 Å². The topological polar surface area (TPSA) is 111 Å². The van der Waals surface area contributed by atoms with Gasteiger partial charge in [0.25, 0.3) is 5.91 Å². The first kappa shape index (κ1) is 18.4. The number of carbonyl (C=O) groups is 1. The monoisotopic (exact) mass is 403 g/mol. The molecule has 1 aromatic heterocycles. The number of benzene rings is 2. The molecule has 1 atom stereocenters. The first-order valence-corrected chi connectivity index (χ1v) is 9.89. The summed E-state index contributed by atoms with van der Waals surface area (Å²) in [5.41, 5.74) is 3.88. The van der Waals surface area contributed by atoms with Crippen LogP contribution in [-0.4, -0.2) is 53.2 Å². The third-order valence-corrected chi connectivity index (χ3v) is 5.32. The average molecular weight is 403 g/mol. The molecule has 4 N–H and O–H groups in total. The Morgan fingerprint density at radius 2 is 2.07 bits per heavy atom. The average Bonchev–Trinajstić information content (AvgIpc) is 3.45. The van der Waals surface area contributed by atoms with Crippen LogP contribution in [0.3, 0.4) is 0 Å². The summed E-state index contributed by atoms with van der Waals surface area (Å²) in [6.45, 7) is 1.48. The number of hydrogen-bond donors (Lipinski definition) is 4. The van der Waals surface area contributed by atoms with E-state index in [0.29, 0.717) is 17.0 Å². The number of hydrogen-bond acceptors (Lipinski definition) is 6. The second-order valence-corrected chi connectivity index (χ2v) is 7.34. The molecule has 152 valence electrons. The maximum absolute atomic E-state index is 12.1. The Hall–Kier alpha value is -3.65. The molecule has 0 aliphatic carbocycles. The van der Waals surface area contributed by atoms with Crippen molar-refractivity contribution in [3.8, 4) is 5.88 Å². The summed E-state index contributed by atoms with van der Waals surface area (Å²) in [6.07, 6.45) is 0.907. The van der Waals surface area contributed by atoms with Gasteiger partial charge in [-0.15, -0.1) is 0 Å². The van der Waals surface area contributed by atoms with Crippen molar-refractivity contribution in [1.29, 1.82) is 0 Å². The van der Waals surface area contributed by atoms with Crippen molar-refractivity contribution in [2.45, 2.75) is 12.5 Å². The van der Waals surface area contributed by atoms with Crippen LogP contribution < -0.4 is 10.6 Å². The van der Waals surface area contributed by atoms with E-state index in [1.165, 1.54) is 0 Å². The van der Waals surface area contributed by atoms with E-state index >= 15 is 0 Å². The van der Waals surface area contributed by atoms with Gasteiger partial charge in [0.1, 0.15) is 11.4 Å². The standard InChI is InChI=1S/C22H21N5O3/c28-18(24-13-9-10-23-11-13)12-30-27-20-15-6-2-4-8-17(15)25-21(20)19-14-5-1-3-7-16(14)26-22(19)29/h1-8,13,23,26,29H,9-12H2,(H,24,28)/b27-20+/t13-/m0/s1. The van der Waals surface area contributed by atoms with Crippen LogP contribution in [0.5, 0.6) is 5.88 Å². The van der Waals surface area contributed by atoms with Gasteiger partial charge in [-0.2, -0.15) is 0 Å². The molecule has 3 heterocycles. The van der Waals surface area contributed by atoms with Crippen molar-refractivity contribution >= 4 is 33.9 Å². The van der Waals surface area contributed by atoms with E-state index in [-0.39, 0.29) is 24.4 Å². The van der Waals surface area contributed by atoms with Crippen LogP contribution >= 0.6 is 0 Å². The molecule has 1 saturated heterocycles. The summed E-state index contributed by atoms with van der Waals surface area (Å²) in [5, 5.41) is 21.8. The molecule has 2 aliphatic rings. The number of aromatic amines is 1. The van der Waals surface area contributed by atoms with Crippen LogP contribution in [0.25, 0.3) is 10.9 Å². The number of para-hydroxylation sites is 2. The number of H-pyrrole nitrogens is 1. The fraction of sp³-hybridized carbons (Fsp3) is 0.227. The number of aromatic hydroxyl groups is 1. The van der Waals surface area contributed by atoms with Gasteiger partial charge in [0.05, 0.1) is 11.3 Å². The minimum Gasteiger partial charge on any atom is -0.494 e. The Morgan fingerprint density at radius 1 is 1.23 bits per heavy atom. The zero-order valence-corrected chi connectivity index (χ0v) is 16.2. The minimum absolute atomic E-state index is 0.0157. The Balaban J connectivity index is 1.44. The highest BCUT2D eigenvalue weighted by Crippen LogP contribution is 2.35. The molecule has 0 saturated carbocycles. The summed E-state index contributed by atoms with van der Waals surface area (Å²) in [4.78, 5) is 25.2. The maximum Gasteiger partial charge on any atom is 0.261 e. The van der Waals surface area contributed by atoms with Crippen LogP contribution in [-0.2, 0) is 9.63 Å². The Kier molecular flexibility index (Phi) is 4.68. The zero-order valence-electron chi connectivity index (χ0n) is 16.2. The zero-order chi connectivity index (χ0) is 20.5. The molecule has 2 aromatic carbocycles. The predicted octanol–water partition coefficient (Wildman–Crippen LogP) is 2.21. The minimum atomic E-state index is -0.215. The molecule has 2 aliphatic heterocycles. The molecule has 1 fully saturated rings. The van der Waals surface area contributed by atoms with Crippen molar-refractivity contribution in [3.63, 3.8) is 0 Å². The Labute approximate surface area is 172 Å². The second-order valence-electron chi connectivity index (χ2n) is 7.34. The summed E-state index contributed by atoms with van der Waals surface area (Å²) in [5.74, 6) is -0.199. The molecule has 30 heavy (non-hydrogen) atoms. The lowest BCUT2D eigenvalue weighted by Gasteiger charge is -2.10. The quantitative estimate of drug-likeness (QED) is 0.490. The smallest absolute Gasteiger partial charge is 0.261 e. The summed E-state index contributed by atoms with van der Waals surface area (Å²) < 4.78 is 0. The molecule has 1 amide bonds. The predicted molar refractivity (Wildman–Crippen MR) is 115 cm³/mol. The normalized spacial score (nSPS) is 19.1. The lowest BCUT2D eigenvalue weighted by molar-refractivity contribution is -0.126. The van der Waals surface area contributed by atoms with E-state index < -0.39 is 0 Å². The number of fused-ring (bicyclic) bond motifs is 2. The van der Waals surface area contributed by atoms with E-state index in [9.17, 15) is 9.90 Å². The fourth-order valence-electron chi connectivity index (χ4n) is 3.91. The van der Waals surface area contributed by atoms with Crippen molar-refractivity contribution in [2.24, 2.45) is 10.1 Å². The number of nitrogens with zero attached hydrogens (tertiary/aromatic N) is 2. The molecule has 8 heteroatoms. The van der Waals surface area contributed by atoms with Crippen LogP contribution in [0.1, 0.15) is 17.5 Å². The lowest BCUT2D eigenvalue weighted by atomic mass is 10.0. The van der Waals surface area contributed by atoms with Gasteiger partial charge >= 0.3 is 0 Å². The molecule has 0 unspecified atom stereocenters. The number of aliphatic imine (C=N–C) groups is 1. The van der Waals surface area contributed by atoms with Gasteiger partial charge in [0, 0.05) is 29.1 Å². The number of aromatic nitrogens is 1. The third-order valence-electron chi connectivity index (χ3n) is 5.32. The molecule has 0 bridgehead atoms. The molecular weight excluding hydrogens is 382 g/mol. The molecule has 8 nitrogen and oxygen atoms in total. The number of rotatable bonds is 5. The van der Waals surface area contributed by atoms with Gasteiger partial charge in [-0.1, -0.05) is 41.6 Å². The third kappa shape index (κ3) is 3.31. The summed E-state index contributed by atoms with van der Waals surface area (Å²) in [7, 11) is 0. The van der Waals surface area contributed by atoms with Crippen LogP contribution in [0, 0.1) is 0 Å². The first-order valence-electron chi connectivity index (χ1n) is 9.89. The van der Waals surface area contributed by atoms with E-state index in [0.717, 1.165) is 41.7 Å². The van der Waals surface area contributed by atoms with Gasteiger partial charge in [0.2, 0.25) is 0 Å². The van der Waals surface area contributed by atoms with Crippen LogP contribution in [0.2, 0.25) is 0 Å². The van der Waals surface area contributed by atoms with Gasteiger partial charge in [-0.05, 0) is 25.1 Å². The largest absolute Gasteiger partial charge is 0.494 e. The van der Waals surface area contributed by atoms with E-state index in [2.05, 4.69) is 25.8 Å². The molecule has 0 spiro atoms. The van der Waals surface area contributed by atoms with Crippen LogP contribution in [0.15, 0.2) is 58.7 Å². The highest BCUT2D eigenvalue weighted by Gasteiger charge is 2.29. The van der Waals surface area contributed by atoms with Crippen molar-refractivity contribution in [1.82, 2.24) is 15.6 Å². The van der Waals surface area contributed by atoms with E-state index in [1.807, 2.05) is 48.5 Å². The van der Waals surface area contributed by atoms with Gasteiger partial charge in [0.15, 0.2) is 12.5 Å². The number of amides is 1. The number of carbonyl (C=O) groups excluding carboxylic acids is 1. The summed E-state index contributed by atoms with van der Waals surface area (Å²) >= 11 is 0. The Morgan fingerprint density at radius 3 is 2.93 bits per heavy atom. The second kappa shape index (κ2) is 7.64. The number of nitrogens with one attached hydrogen (secondary N) is 3.